The van der Waals surface area contributed by atoms with Gasteiger partial charge in [0.1, 0.15) is 0 Å². The second-order valence-corrected chi connectivity index (χ2v) is 44.2. The highest BCUT2D eigenvalue weighted by Crippen LogP contribution is 2.26. The number of ether oxygens (including phenoxy) is 2. The summed E-state index contributed by atoms with van der Waals surface area (Å²) in [6.07, 6.45) is 46.6. The van der Waals surface area contributed by atoms with Crippen molar-refractivity contribution in [1.82, 2.24) is 9.80 Å². The molecule has 0 saturated heterocycles. The summed E-state index contributed by atoms with van der Waals surface area (Å²) < 4.78 is 32.9. The van der Waals surface area contributed by atoms with Crippen molar-refractivity contribution in [2.75, 3.05) is 45.9 Å². The number of unbranched alkanes of at least 4 members (excludes halogenated alkanes) is 29. The lowest BCUT2D eigenvalue weighted by molar-refractivity contribution is -0.178. The van der Waals surface area contributed by atoms with E-state index < -0.39 is 61.1 Å². The topological polar surface area (TPSA) is 127 Å². The van der Waals surface area contributed by atoms with Gasteiger partial charge in [0.2, 0.25) is 6.10 Å². The first kappa shape index (κ1) is 88.3. The molecule has 0 aromatic carbocycles. The van der Waals surface area contributed by atoms with Gasteiger partial charge in [0, 0.05) is 32.1 Å². The number of aliphatic hydroxyl groups excluding tert-OH is 2. The normalized spacial score (nSPS) is 15.3. The summed E-state index contributed by atoms with van der Waals surface area (Å²) in [6, 6.07) is 0. The van der Waals surface area contributed by atoms with Gasteiger partial charge in [0.15, 0.2) is 31.1 Å². The molecule has 0 aliphatic heterocycles. The summed E-state index contributed by atoms with van der Waals surface area (Å²) in [4.78, 5) is 33.2. The molecule has 0 radical (unpaired) electrons. The molecule has 2 N–H and O–H groups in total. The molecule has 11 nitrogen and oxygen atoms in total. The van der Waals surface area contributed by atoms with Crippen molar-refractivity contribution in [2.24, 2.45) is 11.8 Å². The summed E-state index contributed by atoms with van der Waals surface area (Å²) in [6.45, 7) is 40.7. The van der Waals surface area contributed by atoms with Crippen molar-refractivity contribution >= 4 is 36.9 Å². The Hall–Kier alpha value is -0.689. The second-order valence-electron chi connectivity index (χ2n) is 30.8. The molecule has 0 bridgehead atoms. The van der Waals surface area contributed by atoms with Crippen molar-refractivity contribution in [3.63, 3.8) is 0 Å². The number of esters is 2. The lowest BCUT2D eigenvalue weighted by Crippen LogP contribution is -2.45. The number of nitrogens with zero attached hydrogens (tertiary/aromatic N) is 2. The Morgan fingerprint density at radius 2 is 0.640 bits per heavy atom. The van der Waals surface area contributed by atoms with Crippen LogP contribution in [0.1, 0.15) is 318 Å². The summed E-state index contributed by atoms with van der Waals surface area (Å²) in [7, 11) is -5.58. The third kappa shape index (κ3) is 55.2. The van der Waals surface area contributed by atoms with Gasteiger partial charge in [0.25, 0.3) is 0 Å². The monoisotopic (exact) mass is 1310 g/mol. The molecule has 0 aliphatic rings. The second kappa shape index (κ2) is 56.5. The van der Waals surface area contributed by atoms with E-state index >= 15 is 0 Å². The number of carbonyl (C=O) groups is 2. The van der Waals surface area contributed by atoms with Crippen LogP contribution in [0.2, 0.25) is 58.9 Å². The number of carbonyl (C=O) groups excluding carboxylic acids is 2. The van der Waals surface area contributed by atoms with Crippen LogP contribution in [0.15, 0.2) is 0 Å². The maximum atomic E-state index is 14.1. The van der Waals surface area contributed by atoms with Crippen molar-refractivity contribution in [3.8, 4) is 0 Å². The van der Waals surface area contributed by atoms with Gasteiger partial charge in [-0.05, 0) is 136 Å². The largest absolute Gasteiger partial charge is 0.463 e. The smallest absolute Gasteiger partial charge is 0.347 e. The van der Waals surface area contributed by atoms with E-state index in [-0.39, 0.29) is 30.8 Å². The molecule has 14 heteroatoms. The SMILES string of the molecule is CCCCCCCCCCC(O)CN(CCCC(C)C(O)C(=O)OC(C(=O)OCCCC)C(C)CCCN(CC(CCCCCCCCCC)O[Si](C)(C)C)CC(CCCCCCCCCC)O[Si](C)(C)C)CC(CCCCCCCCCC)O[Si](C)(C)C. The van der Waals surface area contributed by atoms with Gasteiger partial charge in [-0.1, -0.05) is 260 Å². The quantitative estimate of drug-likeness (QED) is 0.0343. The number of rotatable bonds is 66. The van der Waals surface area contributed by atoms with E-state index in [0.29, 0.717) is 19.4 Å². The molecule has 0 aromatic heterocycles. The molecular formula is C75H156N2O9Si3. The van der Waals surface area contributed by atoms with Crippen LogP contribution in [-0.2, 0) is 32.3 Å². The molecule has 0 amide bonds. The summed E-state index contributed by atoms with van der Waals surface area (Å²) in [5.41, 5.74) is 0. The molecule has 8 atom stereocenters. The van der Waals surface area contributed by atoms with Crippen LogP contribution in [0.5, 0.6) is 0 Å². The van der Waals surface area contributed by atoms with Crippen LogP contribution in [0.4, 0.5) is 0 Å². The molecule has 0 fully saturated rings. The molecule has 0 rings (SSSR count). The van der Waals surface area contributed by atoms with Crippen LogP contribution >= 0.6 is 0 Å². The zero-order chi connectivity index (χ0) is 66.6. The third-order valence-corrected chi connectivity index (χ3v) is 20.8. The zero-order valence-electron chi connectivity index (χ0n) is 62.4. The first-order valence-corrected chi connectivity index (χ1v) is 48.8. The van der Waals surface area contributed by atoms with Crippen molar-refractivity contribution in [2.45, 2.75) is 414 Å². The minimum Gasteiger partial charge on any atom is -0.463 e. The predicted molar refractivity (Wildman–Crippen MR) is 391 cm³/mol. The fraction of sp³-hybridized carbons (Fsp3) is 0.973. The summed E-state index contributed by atoms with van der Waals surface area (Å²) in [5.74, 6) is -2.00. The molecule has 89 heavy (non-hydrogen) atoms. The highest BCUT2D eigenvalue weighted by atomic mass is 28.4. The maximum absolute atomic E-state index is 14.1. The van der Waals surface area contributed by atoms with E-state index in [1.165, 1.54) is 186 Å². The first-order valence-electron chi connectivity index (χ1n) is 38.6. The van der Waals surface area contributed by atoms with Crippen molar-refractivity contribution in [1.29, 1.82) is 0 Å². The van der Waals surface area contributed by atoms with Gasteiger partial charge < -0.3 is 33.0 Å². The van der Waals surface area contributed by atoms with E-state index in [2.05, 4.69) is 103 Å². The van der Waals surface area contributed by atoms with Crippen LogP contribution < -0.4 is 0 Å². The summed E-state index contributed by atoms with van der Waals surface area (Å²) >= 11 is 0. The Morgan fingerprint density at radius 3 is 0.966 bits per heavy atom. The van der Waals surface area contributed by atoms with E-state index in [0.717, 1.165) is 103 Å². The first-order chi connectivity index (χ1) is 42.4. The van der Waals surface area contributed by atoms with E-state index in [1.807, 2.05) is 13.8 Å². The Kier molecular flexibility index (Phi) is 56.0. The van der Waals surface area contributed by atoms with Gasteiger partial charge in [-0.3, -0.25) is 9.80 Å². The van der Waals surface area contributed by atoms with Gasteiger partial charge in [-0.2, -0.15) is 0 Å². The number of hydrogen-bond donors (Lipinski definition) is 2. The van der Waals surface area contributed by atoms with Gasteiger partial charge >= 0.3 is 11.9 Å². The highest BCUT2D eigenvalue weighted by Gasteiger charge is 2.35. The molecule has 0 saturated carbocycles. The van der Waals surface area contributed by atoms with Crippen LogP contribution in [-0.4, -0.2) is 139 Å². The van der Waals surface area contributed by atoms with E-state index in [4.69, 9.17) is 22.8 Å². The Balaban J connectivity index is 6.45. The minimum atomic E-state index is -1.86. The summed E-state index contributed by atoms with van der Waals surface area (Å²) in [5, 5.41) is 23.2. The van der Waals surface area contributed by atoms with Crippen LogP contribution in [0.3, 0.4) is 0 Å². The maximum Gasteiger partial charge on any atom is 0.347 e. The molecule has 532 valence electrons. The third-order valence-electron chi connectivity index (χ3n) is 17.7. The highest BCUT2D eigenvalue weighted by molar-refractivity contribution is 6.70. The molecule has 8 unspecified atom stereocenters. The lowest BCUT2D eigenvalue weighted by Gasteiger charge is -2.36. The average Bonchev–Trinajstić information content (AvgIpc) is 3.52. The Labute approximate surface area is 557 Å². The molecule has 0 heterocycles. The zero-order valence-corrected chi connectivity index (χ0v) is 65.4. The van der Waals surface area contributed by atoms with Crippen LogP contribution in [0.25, 0.3) is 0 Å². The fourth-order valence-electron chi connectivity index (χ4n) is 12.7. The molecule has 0 spiro atoms. The van der Waals surface area contributed by atoms with Gasteiger partial charge in [-0.15, -0.1) is 0 Å². The average molecular weight is 1310 g/mol. The van der Waals surface area contributed by atoms with Gasteiger partial charge in [-0.25, -0.2) is 9.59 Å². The molecule has 0 aromatic rings. The molecular weight excluding hydrogens is 1160 g/mol. The standard InChI is InChI=1S/C75H156N2O9Si3/c1-17-22-27-31-35-39-43-47-55-68(78)62-76(63-69(84-87(8,9)10)56-48-44-40-36-32-28-23-18-2)59-51-53-66(6)72(79)74(80)83-73(75(81)82-61-26-21-5)67(7)54-52-60-77(64-70(85-88(11,12)13)57-49-45-41-37-33-29-24-19-3)65-71(86-89(14,15)16)58-50-46-42-38-34-30-25-20-4/h66-73,78-79H,17-65H2,1-16H3. The van der Waals surface area contributed by atoms with E-state index in [1.54, 1.807) is 0 Å². The number of aliphatic hydroxyl groups is 2. The predicted octanol–water partition coefficient (Wildman–Crippen LogP) is 21.2. The van der Waals surface area contributed by atoms with Crippen LogP contribution in [0, 0.1) is 11.8 Å². The van der Waals surface area contributed by atoms with E-state index in [9.17, 15) is 19.8 Å². The number of hydrogen-bond acceptors (Lipinski definition) is 11. The van der Waals surface area contributed by atoms with Gasteiger partial charge in [0.05, 0.1) is 31.0 Å². The Morgan fingerprint density at radius 1 is 0.348 bits per heavy atom. The lowest BCUT2D eigenvalue weighted by atomic mass is 9.96. The minimum absolute atomic E-state index is 0.102. The van der Waals surface area contributed by atoms with Crippen molar-refractivity contribution in [3.05, 3.63) is 0 Å². The molecule has 0 aliphatic carbocycles. The fourth-order valence-corrected chi connectivity index (χ4v) is 16.2. The Bertz CT molecular complexity index is 1550. The van der Waals surface area contributed by atoms with Crippen molar-refractivity contribution < 1.29 is 42.6 Å².